The average molecular weight is 724 g/mol. The SMILES string of the molecule is C=C(C)C(=O)Nc1cccc(Sc2ccc(Sc3ccccc3)c3c2C(=O)c2c(Sc4ccccc4)ccc(Sc4ccccc4)c2C3=O)c1. The third-order valence-electron chi connectivity index (χ3n) is 7.79. The predicted octanol–water partition coefficient (Wildman–Crippen LogP) is 11.6. The molecule has 0 aromatic heterocycles. The molecule has 244 valence electrons. The highest BCUT2D eigenvalue weighted by Gasteiger charge is 2.38. The number of anilines is 1. The number of carbonyl (C=O) groups excluding carboxylic acids is 3. The van der Waals surface area contributed by atoms with Crippen molar-refractivity contribution in [3.8, 4) is 0 Å². The number of benzene rings is 6. The summed E-state index contributed by atoms with van der Waals surface area (Å²) < 4.78 is 0. The fraction of sp³-hybridized carbons (Fsp3) is 0.0238. The van der Waals surface area contributed by atoms with Gasteiger partial charge in [-0.3, -0.25) is 14.4 Å². The Balaban J connectivity index is 1.39. The smallest absolute Gasteiger partial charge is 0.250 e. The lowest BCUT2D eigenvalue weighted by molar-refractivity contribution is -0.112. The molecule has 4 nitrogen and oxygen atoms in total. The lowest BCUT2D eigenvalue weighted by Crippen LogP contribution is -2.24. The highest BCUT2D eigenvalue weighted by Crippen LogP contribution is 2.48. The molecule has 6 aromatic carbocycles. The Bertz CT molecular complexity index is 2270. The van der Waals surface area contributed by atoms with Crippen LogP contribution in [0.1, 0.15) is 38.8 Å². The number of rotatable bonds is 10. The summed E-state index contributed by atoms with van der Waals surface area (Å²) in [4.78, 5) is 49.1. The van der Waals surface area contributed by atoms with E-state index < -0.39 is 0 Å². The van der Waals surface area contributed by atoms with E-state index in [0.717, 1.165) is 34.3 Å². The summed E-state index contributed by atoms with van der Waals surface area (Å²) in [5.74, 6) is -0.628. The average Bonchev–Trinajstić information content (AvgIpc) is 3.13. The van der Waals surface area contributed by atoms with Gasteiger partial charge in [0.15, 0.2) is 11.6 Å². The van der Waals surface area contributed by atoms with Gasteiger partial charge >= 0.3 is 0 Å². The molecule has 0 atom stereocenters. The number of fused-ring (bicyclic) bond motifs is 2. The van der Waals surface area contributed by atoms with Gasteiger partial charge in [-0.25, -0.2) is 0 Å². The van der Waals surface area contributed by atoms with Gasteiger partial charge in [0, 0.05) is 72.7 Å². The van der Waals surface area contributed by atoms with Crippen LogP contribution in [-0.4, -0.2) is 17.5 Å². The summed E-state index contributed by atoms with van der Waals surface area (Å²) in [5, 5.41) is 2.87. The minimum atomic E-state index is -0.267. The third-order valence-corrected chi connectivity index (χ3v) is 12.0. The van der Waals surface area contributed by atoms with Crippen molar-refractivity contribution in [1.82, 2.24) is 0 Å². The van der Waals surface area contributed by atoms with Gasteiger partial charge in [-0.1, -0.05) is 114 Å². The first-order valence-electron chi connectivity index (χ1n) is 15.7. The molecule has 0 saturated carbocycles. The Kier molecular flexibility index (Phi) is 10.1. The Morgan fingerprint density at radius 2 is 0.820 bits per heavy atom. The fourth-order valence-electron chi connectivity index (χ4n) is 5.47. The minimum absolute atomic E-state index is 0.174. The standard InChI is InChI=1S/C42H29NO3S4/c1-26(2)42(46)43-27-13-12-20-31(25-27)50-35-24-23-34(49-30-18-10-5-11-19-30)38-39(35)41(45)37-33(48-29-16-8-4-9-17-29)22-21-32(36(37)40(38)44)47-28-14-6-3-7-15-28/h3-25H,1H2,2H3,(H,43,46). The first-order chi connectivity index (χ1) is 24.4. The van der Waals surface area contributed by atoms with Crippen LogP contribution in [0.3, 0.4) is 0 Å². The first kappa shape index (κ1) is 33.8. The summed E-state index contributed by atoms with van der Waals surface area (Å²) in [7, 11) is 0. The summed E-state index contributed by atoms with van der Waals surface area (Å²) in [5.41, 5.74) is 2.67. The van der Waals surface area contributed by atoms with Gasteiger partial charge in [0.2, 0.25) is 0 Å². The van der Waals surface area contributed by atoms with Gasteiger partial charge in [-0.2, -0.15) is 0 Å². The van der Waals surface area contributed by atoms with Crippen molar-refractivity contribution in [1.29, 1.82) is 0 Å². The molecule has 0 bridgehead atoms. The summed E-state index contributed by atoms with van der Waals surface area (Å²) in [6.07, 6.45) is 0. The van der Waals surface area contributed by atoms with Gasteiger partial charge in [-0.15, -0.1) is 0 Å². The molecule has 1 aliphatic rings. The Morgan fingerprint density at radius 3 is 1.18 bits per heavy atom. The highest BCUT2D eigenvalue weighted by molar-refractivity contribution is 8.00. The van der Waals surface area contributed by atoms with E-state index in [2.05, 4.69) is 11.9 Å². The van der Waals surface area contributed by atoms with E-state index in [9.17, 15) is 4.79 Å². The van der Waals surface area contributed by atoms with Crippen LogP contribution in [-0.2, 0) is 4.79 Å². The molecule has 0 fully saturated rings. The molecule has 8 heteroatoms. The number of nitrogens with one attached hydrogen (secondary N) is 1. The molecule has 0 saturated heterocycles. The quantitative estimate of drug-likeness (QED) is 0.141. The van der Waals surface area contributed by atoms with E-state index in [1.165, 1.54) is 47.0 Å². The number of ketones is 2. The van der Waals surface area contributed by atoms with Crippen LogP contribution in [0.2, 0.25) is 0 Å². The summed E-state index contributed by atoms with van der Waals surface area (Å²) in [6.45, 7) is 5.39. The molecule has 1 aliphatic carbocycles. The maximum absolute atomic E-state index is 15.1. The lowest BCUT2D eigenvalue weighted by Gasteiger charge is -2.26. The normalized spacial score (nSPS) is 11.9. The summed E-state index contributed by atoms with van der Waals surface area (Å²) >= 11 is 5.84. The molecule has 1 N–H and O–H groups in total. The van der Waals surface area contributed by atoms with Gasteiger partial charge in [0.05, 0.1) is 0 Å². The van der Waals surface area contributed by atoms with Crippen LogP contribution in [0.5, 0.6) is 0 Å². The number of carbonyl (C=O) groups is 3. The number of hydrogen-bond donors (Lipinski definition) is 1. The van der Waals surface area contributed by atoms with Crippen molar-refractivity contribution in [3.63, 3.8) is 0 Å². The van der Waals surface area contributed by atoms with Crippen LogP contribution in [0.15, 0.2) is 191 Å². The molecule has 7 rings (SSSR count). The largest absolute Gasteiger partial charge is 0.322 e. The van der Waals surface area contributed by atoms with Crippen LogP contribution >= 0.6 is 47.0 Å². The molecule has 0 aliphatic heterocycles. The molecule has 1 amide bonds. The molecular weight excluding hydrogens is 695 g/mol. The Labute approximate surface area is 308 Å². The van der Waals surface area contributed by atoms with Crippen LogP contribution in [0.4, 0.5) is 5.69 Å². The molecule has 0 heterocycles. The van der Waals surface area contributed by atoms with Crippen LogP contribution in [0.25, 0.3) is 0 Å². The van der Waals surface area contributed by atoms with Gasteiger partial charge < -0.3 is 5.32 Å². The first-order valence-corrected chi connectivity index (χ1v) is 19.0. The highest BCUT2D eigenvalue weighted by atomic mass is 32.2. The van der Waals surface area contributed by atoms with E-state index in [1.54, 1.807) is 6.92 Å². The zero-order valence-electron chi connectivity index (χ0n) is 26.8. The predicted molar refractivity (Wildman–Crippen MR) is 205 cm³/mol. The molecule has 6 aromatic rings. The number of amides is 1. The second kappa shape index (κ2) is 15.0. The number of hydrogen-bond acceptors (Lipinski definition) is 7. The monoisotopic (exact) mass is 723 g/mol. The second-order valence-corrected chi connectivity index (χ2v) is 15.9. The van der Waals surface area contributed by atoms with Gasteiger partial charge in [0.25, 0.3) is 5.91 Å². The zero-order valence-corrected chi connectivity index (χ0v) is 30.1. The van der Waals surface area contributed by atoms with Gasteiger partial charge in [-0.05, 0) is 85.8 Å². The van der Waals surface area contributed by atoms with Crippen molar-refractivity contribution in [2.24, 2.45) is 0 Å². The molecule has 0 spiro atoms. The van der Waals surface area contributed by atoms with Crippen LogP contribution in [0, 0.1) is 0 Å². The maximum atomic E-state index is 15.1. The van der Waals surface area contributed by atoms with Crippen molar-refractivity contribution in [3.05, 3.63) is 174 Å². The van der Waals surface area contributed by atoms with Crippen LogP contribution < -0.4 is 5.32 Å². The second-order valence-electron chi connectivity index (χ2n) is 11.4. The van der Waals surface area contributed by atoms with Crippen molar-refractivity contribution < 1.29 is 14.4 Å². The molecule has 0 radical (unpaired) electrons. The fourth-order valence-corrected chi connectivity index (χ4v) is 9.43. The molecule has 50 heavy (non-hydrogen) atoms. The lowest BCUT2D eigenvalue weighted by atomic mass is 9.84. The topological polar surface area (TPSA) is 63.2 Å². The van der Waals surface area contributed by atoms with Crippen molar-refractivity contribution in [2.45, 2.75) is 46.1 Å². The Hall–Kier alpha value is -4.73. The summed E-state index contributed by atoms with van der Waals surface area (Å²) in [6, 6.07) is 44.9. The van der Waals surface area contributed by atoms with E-state index in [1.807, 2.05) is 140 Å². The third kappa shape index (κ3) is 7.25. The molecular formula is C42H29NO3S4. The Morgan fingerprint density at radius 1 is 0.480 bits per heavy atom. The van der Waals surface area contributed by atoms with E-state index in [4.69, 9.17) is 0 Å². The minimum Gasteiger partial charge on any atom is -0.322 e. The zero-order chi connectivity index (χ0) is 34.6. The van der Waals surface area contributed by atoms with E-state index in [-0.39, 0.29) is 17.5 Å². The van der Waals surface area contributed by atoms with Crippen molar-refractivity contribution in [2.75, 3.05) is 5.32 Å². The maximum Gasteiger partial charge on any atom is 0.250 e. The van der Waals surface area contributed by atoms with E-state index in [0.29, 0.717) is 38.4 Å². The van der Waals surface area contributed by atoms with Gasteiger partial charge in [0.1, 0.15) is 0 Å². The molecule has 0 unspecified atom stereocenters. The van der Waals surface area contributed by atoms with Crippen molar-refractivity contribution >= 4 is 70.2 Å². The van der Waals surface area contributed by atoms with E-state index >= 15 is 9.59 Å².